The van der Waals surface area contributed by atoms with Crippen molar-refractivity contribution in [3.05, 3.63) is 72.6 Å². The Hall–Kier alpha value is -3.52. The van der Waals surface area contributed by atoms with Gasteiger partial charge in [-0.1, -0.05) is 6.07 Å². The summed E-state index contributed by atoms with van der Waals surface area (Å²) in [5.74, 6) is 0.992. The van der Waals surface area contributed by atoms with Gasteiger partial charge >= 0.3 is 0 Å². The van der Waals surface area contributed by atoms with Gasteiger partial charge in [0.1, 0.15) is 17.1 Å². The molecule has 0 radical (unpaired) electrons. The van der Waals surface area contributed by atoms with E-state index in [1.54, 1.807) is 24.3 Å². The van der Waals surface area contributed by atoms with Crippen LogP contribution in [-0.2, 0) is 10.0 Å². The second-order valence-corrected chi connectivity index (χ2v) is 8.43. The first-order chi connectivity index (χ1) is 14.4. The zero-order valence-corrected chi connectivity index (χ0v) is 17.6. The number of methoxy groups -OCH3 is 2. The quantitative estimate of drug-likeness (QED) is 0.504. The number of nitrogens with zero attached hydrogens (tertiary/aromatic N) is 2. The number of hydrogen-bond acceptors (Lipinski definition) is 5. The monoisotopic (exact) mass is 423 g/mol. The van der Waals surface area contributed by atoms with Gasteiger partial charge in [0.15, 0.2) is 0 Å². The lowest BCUT2D eigenvalue weighted by Crippen LogP contribution is -2.13. The van der Waals surface area contributed by atoms with Crippen LogP contribution in [0.5, 0.6) is 11.5 Å². The third-order valence-electron chi connectivity index (χ3n) is 4.79. The number of nitrogens with one attached hydrogen (secondary N) is 1. The summed E-state index contributed by atoms with van der Waals surface area (Å²) < 4.78 is 40.8. The second kappa shape index (κ2) is 7.72. The van der Waals surface area contributed by atoms with Crippen molar-refractivity contribution in [1.82, 2.24) is 9.38 Å². The lowest BCUT2D eigenvalue weighted by molar-refractivity contribution is 0.414. The van der Waals surface area contributed by atoms with Gasteiger partial charge in [-0.25, -0.2) is 13.4 Å². The molecule has 1 N–H and O–H groups in total. The van der Waals surface area contributed by atoms with Gasteiger partial charge in [0, 0.05) is 18.0 Å². The van der Waals surface area contributed by atoms with Gasteiger partial charge in [0.2, 0.25) is 0 Å². The standard InChI is InChI=1S/C22H21N3O4S/c1-15-5-4-12-25-14-20(23-22(15)25)16-6-11-21(29-3)19(13-16)24-30(26,27)18-9-7-17(28-2)8-10-18/h4-14,24H,1-3H3. The predicted molar refractivity (Wildman–Crippen MR) is 116 cm³/mol. The Labute approximate surface area is 175 Å². The van der Waals surface area contributed by atoms with Gasteiger partial charge in [-0.2, -0.15) is 0 Å². The van der Waals surface area contributed by atoms with Crippen molar-refractivity contribution in [2.75, 3.05) is 18.9 Å². The van der Waals surface area contributed by atoms with E-state index in [1.807, 2.05) is 41.9 Å². The number of hydrogen-bond donors (Lipinski definition) is 1. The third kappa shape index (κ3) is 3.69. The Balaban J connectivity index is 1.72. The molecule has 0 aliphatic rings. The first kappa shape index (κ1) is 19.8. The van der Waals surface area contributed by atoms with E-state index in [4.69, 9.17) is 9.47 Å². The van der Waals surface area contributed by atoms with Crippen LogP contribution in [0.2, 0.25) is 0 Å². The molecule has 7 nitrogen and oxygen atoms in total. The van der Waals surface area contributed by atoms with Crippen LogP contribution >= 0.6 is 0 Å². The Morgan fingerprint density at radius 1 is 1.00 bits per heavy atom. The second-order valence-electron chi connectivity index (χ2n) is 6.74. The Bertz CT molecular complexity index is 1310. The van der Waals surface area contributed by atoms with Crippen molar-refractivity contribution >= 4 is 21.4 Å². The molecule has 0 fully saturated rings. The molecule has 0 unspecified atom stereocenters. The molecule has 2 aromatic carbocycles. The number of imidazole rings is 1. The number of benzene rings is 2. The number of aromatic nitrogens is 2. The van der Waals surface area contributed by atoms with E-state index < -0.39 is 10.0 Å². The van der Waals surface area contributed by atoms with Gasteiger partial charge in [0.05, 0.1) is 30.5 Å². The molecule has 154 valence electrons. The fourth-order valence-electron chi connectivity index (χ4n) is 3.20. The van der Waals surface area contributed by atoms with Crippen molar-refractivity contribution in [1.29, 1.82) is 0 Å². The summed E-state index contributed by atoms with van der Waals surface area (Å²) in [6, 6.07) is 15.4. The van der Waals surface area contributed by atoms with Crippen molar-refractivity contribution in [2.24, 2.45) is 0 Å². The molecule has 0 atom stereocenters. The molecule has 0 aliphatic heterocycles. The summed E-state index contributed by atoms with van der Waals surface area (Å²) in [4.78, 5) is 4.81. The van der Waals surface area contributed by atoms with E-state index in [2.05, 4.69) is 9.71 Å². The number of ether oxygens (including phenoxy) is 2. The maximum atomic E-state index is 12.9. The van der Waals surface area contributed by atoms with Crippen LogP contribution in [0.25, 0.3) is 16.9 Å². The highest BCUT2D eigenvalue weighted by molar-refractivity contribution is 7.92. The molecule has 30 heavy (non-hydrogen) atoms. The van der Waals surface area contributed by atoms with Crippen LogP contribution in [0, 0.1) is 6.92 Å². The molecule has 0 saturated carbocycles. The minimum Gasteiger partial charge on any atom is -0.497 e. The summed E-state index contributed by atoms with van der Waals surface area (Å²) in [6.45, 7) is 1.99. The molecule has 0 spiro atoms. The number of rotatable bonds is 6. The maximum absolute atomic E-state index is 12.9. The van der Waals surface area contributed by atoms with Gasteiger partial charge in [-0.05, 0) is 61.0 Å². The van der Waals surface area contributed by atoms with E-state index in [9.17, 15) is 8.42 Å². The van der Waals surface area contributed by atoms with Crippen LogP contribution < -0.4 is 14.2 Å². The van der Waals surface area contributed by atoms with Crippen molar-refractivity contribution in [3.63, 3.8) is 0 Å². The molecule has 0 saturated heterocycles. The van der Waals surface area contributed by atoms with Crippen LogP contribution in [0.4, 0.5) is 5.69 Å². The van der Waals surface area contributed by atoms with Gasteiger partial charge in [-0.3, -0.25) is 4.72 Å². The van der Waals surface area contributed by atoms with Crippen molar-refractivity contribution in [2.45, 2.75) is 11.8 Å². The molecule has 0 bridgehead atoms. The van der Waals surface area contributed by atoms with Gasteiger partial charge < -0.3 is 13.9 Å². The SMILES string of the molecule is COc1ccc(S(=O)(=O)Nc2cc(-c3cn4cccc(C)c4n3)ccc2OC)cc1. The largest absolute Gasteiger partial charge is 0.497 e. The summed E-state index contributed by atoms with van der Waals surface area (Å²) in [5, 5.41) is 0. The molecule has 4 rings (SSSR count). The highest BCUT2D eigenvalue weighted by Crippen LogP contribution is 2.32. The number of fused-ring (bicyclic) bond motifs is 1. The molecule has 0 amide bonds. The number of aryl methyl sites for hydroxylation is 1. The summed E-state index contributed by atoms with van der Waals surface area (Å²) in [7, 11) is -0.791. The molecule has 8 heteroatoms. The molecule has 2 aromatic heterocycles. The molecular weight excluding hydrogens is 402 g/mol. The van der Waals surface area contributed by atoms with E-state index in [1.165, 1.54) is 26.4 Å². The average molecular weight is 423 g/mol. The van der Waals surface area contributed by atoms with E-state index in [-0.39, 0.29) is 4.90 Å². The molecule has 0 aliphatic carbocycles. The van der Waals surface area contributed by atoms with Crippen LogP contribution in [0.15, 0.2) is 71.9 Å². The zero-order chi connectivity index (χ0) is 21.3. The van der Waals surface area contributed by atoms with Gasteiger partial charge in [-0.15, -0.1) is 0 Å². The number of pyridine rings is 1. The van der Waals surface area contributed by atoms with E-state index >= 15 is 0 Å². The van der Waals surface area contributed by atoms with Crippen LogP contribution in [-0.4, -0.2) is 32.0 Å². The lowest BCUT2D eigenvalue weighted by Gasteiger charge is -2.13. The first-order valence-corrected chi connectivity index (χ1v) is 10.7. The summed E-state index contributed by atoms with van der Waals surface area (Å²) >= 11 is 0. The molecular formula is C22H21N3O4S. The van der Waals surface area contributed by atoms with Crippen LogP contribution in [0.1, 0.15) is 5.56 Å². The minimum atomic E-state index is -3.81. The normalized spacial score (nSPS) is 11.4. The average Bonchev–Trinajstić information content (AvgIpc) is 3.19. The van der Waals surface area contributed by atoms with Gasteiger partial charge in [0.25, 0.3) is 10.0 Å². The Morgan fingerprint density at radius 2 is 1.77 bits per heavy atom. The first-order valence-electron chi connectivity index (χ1n) is 9.21. The van der Waals surface area contributed by atoms with Crippen molar-refractivity contribution < 1.29 is 17.9 Å². The summed E-state index contributed by atoms with van der Waals surface area (Å²) in [6.07, 6.45) is 3.83. The zero-order valence-electron chi connectivity index (χ0n) is 16.8. The highest BCUT2D eigenvalue weighted by atomic mass is 32.2. The number of anilines is 1. The third-order valence-corrected chi connectivity index (χ3v) is 6.17. The Morgan fingerprint density at radius 3 is 2.43 bits per heavy atom. The lowest BCUT2D eigenvalue weighted by atomic mass is 10.1. The van der Waals surface area contributed by atoms with Crippen molar-refractivity contribution in [3.8, 4) is 22.8 Å². The van der Waals surface area contributed by atoms with E-state index in [0.717, 1.165) is 22.5 Å². The molecule has 2 heterocycles. The fourth-order valence-corrected chi connectivity index (χ4v) is 4.26. The summed E-state index contributed by atoms with van der Waals surface area (Å²) in [5.41, 5.74) is 3.74. The topological polar surface area (TPSA) is 81.9 Å². The smallest absolute Gasteiger partial charge is 0.262 e. The van der Waals surface area contributed by atoms with E-state index in [0.29, 0.717) is 17.2 Å². The Kier molecular flexibility index (Phi) is 5.09. The predicted octanol–water partition coefficient (Wildman–Crippen LogP) is 4.13. The highest BCUT2D eigenvalue weighted by Gasteiger charge is 2.18. The fraction of sp³-hybridized carbons (Fsp3) is 0.136. The minimum absolute atomic E-state index is 0.124. The maximum Gasteiger partial charge on any atom is 0.262 e. The molecule has 4 aromatic rings. The number of sulfonamides is 1. The van der Waals surface area contributed by atoms with Crippen LogP contribution in [0.3, 0.4) is 0 Å².